The molecule has 0 fully saturated rings. The molecule has 84 valence electrons. The monoisotopic (exact) mass is 235 g/mol. The lowest BCUT2D eigenvalue weighted by atomic mass is 10.1. The minimum absolute atomic E-state index is 0.294. The first-order valence-electron chi connectivity index (χ1n) is 5.19. The van der Waals surface area contributed by atoms with Crippen LogP contribution in [-0.2, 0) is 0 Å². The zero-order valence-electron chi connectivity index (χ0n) is 9.31. The Hall–Kier alpha value is -1.48. The van der Waals surface area contributed by atoms with Crippen LogP contribution in [0.15, 0.2) is 30.5 Å². The maximum atomic E-state index is 6.20. The summed E-state index contributed by atoms with van der Waals surface area (Å²) in [5, 5.41) is 4.87. The van der Waals surface area contributed by atoms with Crippen LogP contribution < -0.4 is 5.73 Å². The van der Waals surface area contributed by atoms with Crippen LogP contribution in [0, 0.1) is 0 Å². The number of anilines is 1. The number of rotatable bonds is 2. The highest BCUT2D eigenvalue weighted by Gasteiger charge is 2.12. The van der Waals surface area contributed by atoms with Crippen molar-refractivity contribution in [3.05, 3.63) is 35.5 Å². The molecule has 2 aromatic rings. The number of halogens is 1. The molecule has 0 spiro atoms. The zero-order chi connectivity index (χ0) is 11.7. The summed E-state index contributed by atoms with van der Waals surface area (Å²) in [7, 11) is 0. The van der Waals surface area contributed by atoms with E-state index >= 15 is 0 Å². The summed E-state index contributed by atoms with van der Waals surface area (Å²) in [6.07, 6.45) is 1.77. The fourth-order valence-electron chi connectivity index (χ4n) is 1.69. The third-order valence-corrected chi connectivity index (χ3v) is 2.89. The molecule has 0 saturated carbocycles. The number of nitrogens with two attached hydrogens (primary N) is 1. The van der Waals surface area contributed by atoms with Crippen LogP contribution in [0.5, 0.6) is 0 Å². The van der Waals surface area contributed by atoms with Gasteiger partial charge in [-0.3, -0.25) is 4.68 Å². The summed E-state index contributed by atoms with van der Waals surface area (Å²) in [6, 6.07) is 7.88. The molecule has 4 heteroatoms. The van der Waals surface area contributed by atoms with Crippen molar-refractivity contribution in [2.24, 2.45) is 0 Å². The van der Waals surface area contributed by atoms with Crippen molar-refractivity contribution < 1.29 is 0 Å². The van der Waals surface area contributed by atoms with E-state index in [2.05, 4.69) is 18.9 Å². The number of aromatic nitrogens is 2. The Kier molecular flexibility index (Phi) is 2.88. The molecule has 1 aromatic carbocycles. The normalized spacial score (nSPS) is 11.0. The molecular formula is C12H14ClN3. The van der Waals surface area contributed by atoms with Crippen molar-refractivity contribution in [1.29, 1.82) is 0 Å². The molecule has 0 aliphatic rings. The molecule has 0 saturated heterocycles. The summed E-state index contributed by atoms with van der Waals surface area (Å²) >= 11 is 6.20. The molecule has 0 unspecified atom stereocenters. The minimum Gasteiger partial charge on any atom is -0.398 e. The summed E-state index contributed by atoms with van der Waals surface area (Å²) in [6.45, 7) is 4.16. The van der Waals surface area contributed by atoms with Gasteiger partial charge in [-0.15, -0.1) is 0 Å². The van der Waals surface area contributed by atoms with Crippen LogP contribution in [0.1, 0.15) is 19.9 Å². The topological polar surface area (TPSA) is 43.8 Å². The van der Waals surface area contributed by atoms with Gasteiger partial charge in [-0.1, -0.05) is 23.7 Å². The second-order valence-corrected chi connectivity index (χ2v) is 4.34. The lowest BCUT2D eigenvalue weighted by Gasteiger charge is -2.12. The predicted molar refractivity (Wildman–Crippen MR) is 67.5 cm³/mol. The van der Waals surface area contributed by atoms with Crippen LogP contribution in [0.3, 0.4) is 0 Å². The summed E-state index contributed by atoms with van der Waals surface area (Å²) in [4.78, 5) is 0. The molecule has 0 aliphatic carbocycles. The van der Waals surface area contributed by atoms with Crippen LogP contribution in [0.2, 0.25) is 5.02 Å². The molecular weight excluding hydrogens is 222 g/mol. The first-order valence-corrected chi connectivity index (χ1v) is 5.57. The average molecular weight is 236 g/mol. The Balaban J connectivity index is 2.59. The van der Waals surface area contributed by atoms with Crippen molar-refractivity contribution in [2.75, 3.05) is 5.73 Å². The second kappa shape index (κ2) is 4.18. The third-order valence-electron chi connectivity index (χ3n) is 2.46. The van der Waals surface area contributed by atoms with E-state index in [0.717, 1.165) is 11.3 Å². The highest BCUT2D eigenvalue weighted by Crippen LogP contribution is 2.32. The van der Waals surface area contributed by atoms with Crippen LogP contribution in [0.25, 0.3) is 11.3 Å². The molecule has 16 heavy (non-hydrogen) atoms. The van der Waals surface area contributed by atoms with Gasteiger partial charge in [0.25, 0.3) is 0 Å². The lowest BCUT2D eigenvalue weighted by Crippen LogP contribution is -2.05. The lowest BCUT2D eigenvalue weighted by molar-refractivity contribution is 0.538. The van der Waals surface area contributed by atoms with Crippen molar-refractivity contribution in [2.45, 2.75) is 19.9 Å². The maximum Gasteiger partial charge on any atom is 0.0729 e. The van der Waals surface area contributed by atoms with E-state index in [1.54, 1.807) is 12.3 Å². The van der Waals surface area contributed by atoms with Crippen LogP contribution >= 0.6 is 11.6 Å². The van der Waals surface area contributed by atoms with E-state index in [1.165, 1.54) is 0 Å². The van der Waals surface area contributed by atoms with E-state index in [4.69, 9.17) is 17.3 Å². The number of hydrogen-bond acceptors (Lipinski definition) is 2. The fourth-order valence-corrected chi connectivity index (χ4v) is 1.91. The number of nitrogen functional groups attached to an aromatic ring is 1. The molecule has 2 rings (SSSR count). The quantitative estimate of drug-likeness (QED) is 0.812. The van der Waals surface area contributed by atoms with Crippen LogP contribution in [-0.4, -0.2) is 9.78 Å². The van der Waals surface area contributed by atoms with Gasteiger partial charge >= 0.3 is 0 Å². The van der Waals surface area contributed by atoms with Crippen molar-refractivity contribution in [1.82, 2.24) is 9.78 Å². The van der Waals surface area contributed by atoms with E-state index < -0.39 is 0 Å². The Morgan fingerprint density at radius 2 is 2.06 bits per heavy atom. The average Bonchev–Trinajstić information content (AvgIpc) is 2.70. The van der Waals surface area contributed by atoms with Gasteiger partial charge in [0.05, 0.1) is 16.4 Å². The largest absolute Gasteiger partial charge is 0.398 e. The van der Waals surface area contributed by atoms with Gasteiger partial charge in [-0.2, -0.15) is 5.10 Å². The third kappa shape index (κ3) is 1.78. The Bertz CT molecular complexity index is 503. The number of nitrogens with zero attached hydrogens (tertiary/aromatic N) is 2. The number of benzene rings is 1. The molecule has 0 aliphatic heterocycles. The maximum absolute atomic E-state index is 6.20. The Labute approximate surface area is 99.8 Å². The molecule has 1 aromatic heterocycles. The highest BCUT2D eigenvalue weighted by atomic mass is 35.5. The van der Waals surface area contributed by atoms with Crippen molar-refractivity contribution in [3.63, 3.8) is 0 Å². The smallest absolute Gasteiger partial charge is 0.0729 e. The summed E-state index contributed by atoms with van der Waals surface area (Å²) in [5.74, 6) is 0. The van der Waals surface area contributed by atoms with E-state index in [1.807, 2.05) is 22.9 Å². The van der Waals surface area contributed by atoms with E-state index in [-0.39, 0.29) is 0 Å². The standard InChI is InChI=1S/C12H14ClN3/c1-8(2)16-11(6-7-15-16)9-4-3-5-10(14)12(9)13/h3-8H,14H2,1-2H3. The van der Waals surface area contributed by atoms with E-state index in [9.17, 15) is 0 Å². The first kappa shape index (κ1) is 11.0. The molecule has 0 amide bonds. The highest BCUT2D eigenvalue weighted by molar-refractivity contribution is 6.35. The summed E-state index contributed by atoms with van der Waals surface area (Å²) in [5.41, 5.74) is 8.30. The van der Waals surface area contributed by atoms with Gasteiger partial charge in [0.1, 0.15) is 0 Å². The molecule has 3 nitrogen and oxygen atoms in total. The van der Waals surface area contributed by atoms with Crippen molar-refractivity contribution >= 4 is 17.3 Å². The van der Waals surface area contributed by atoms with Gasteiger partial charge in [-0.05, 0) is 26.0 Å². The molecule has 0 bridgehead atoms. The van der Waals surface area contributed by atoms with Gasteiger partial charge in [0.2, 0.25) is 0 Å². The van der Waals surface area contributed by atoms with Crippen LogP contribution in [0.4, 0.5) is 5.69 Å². The van der Waals surface area contributed by atoms with Crippen molar-refractivity contribution in [3.8, 4) is 11.3 Å². The Morgan fingerprint density at radius 3 is 2.75 bits per heavy atom. The molecule has 1 heterocycles. The molecule has 0 atom stereocenters. The SMILES string of the molecule is CC(C)n1nccc1-c1cccc(N)c1Cl. The fraction of sp³-hybridized carbons (Fsp3) is 0.250. The van der Waals surface area contributed by atoms with Gasteiger partial charge in [-0.25, -0.2) is 0 Å². The number of hydrogen-bond donors (Lipinski definition) is 1. The Morgan fingerprint density at radius 1 is 1.31 bits per heavy atom. The van der Waals surface area contributed by atoms with Gasteiger partial charge in [0, 0.05) is 17.8 Å². The van der Waals surface area contributed by atoms with Gasteiger partial charge in [0.15, 0.2) is 0 Å². The predicted octanol–water partition coefficient (Wildman–Crippen LogP) is 3.37. The minimum atomic E-state index is 0.294. The zero-order valence-corrected chi connectivity index (χ0v) is 10.1. The van der Waals surface area contributed by atoms with E-state index in [0.29, 0.717) is 16.8 Å². The summed E-state index contributed by atoms with van der Waals surface area (Å²) < 4.78 is 1.93. The first-order chi connectivity index (χ1) is 7.61. The molecule has 2 N–H and O–H groups in total. The van der Waals surface area contributed by atoms with Gasteiger partial charge < -0.3 is 5.73 Å². The molecule has 0 radical (unpaired) electrons. The second-order valence-electron chi connectivity index (χ2n) is 3.96.